The number of nitrogens with one attached hydrogen (secondary N) is 1. The maximum atomic E-state index is 12.8. The zero-order chi connectivity index (χ0) is 21.6. The fourth-order valence-electron chi connectivity index (χ4n) is 2.92. The van der Waals surface area contributed by atoms with Crippen molar-refractivity contribution in [1.29, 1.82) is 0 Å². The Morgan fingerprint density at radius 3 is 2.31 bits per heavy atom. The molecule has 0 bridgehead atoms. The number of amides is 1. The minimum atomic E-state index is -3.67. The van der Waals surface area contributed by atoms with Crippen LogP contribution in [-0.4, -0.2) is 45.4 Å². The molecule has 0 saturated heterocycles. The molecule has 0 aliphatic rings. The van der Waals surface area contributed by atoms with E-state index in [4.69, 9.17) is 9.47 Å². The van der Waals surface area contributed by atoms with Crippen molar-refractivity contribution in [2.24, 2.45) is 0 Å². The van der Waals surface area contributed by atoms with Gasteiger partial charge >= 0.3 is 0 Å². The number of ether oxygens (including phenoxy) is 2. The van der Waals surface area contributed by atoms with Crippen LogP contribution in [0, 0.1) is 6.92 Å². The van der Waals surface area contributed by atoms with Crippen LogP contribution in [0.1, 0.15) is 36.7 Å². The SMILES string of the molecule is CCOc1ccc(S(=O)(=O)N(CC)CC)cc1NC(=O)c1ccc(C)c(OC)c1. The Morgan fingerprint density at radius 2 is 1.72 bits per heavy atom. The van der Waals surface area contributed by atoms with Crippen LogP contribution in [0.5, 0.6) is 11.5 Å². The molecule has 8 heteroatoms. The molecule has 0 heterocycles. The standard InChI is InChI=1S/C21H28N2O5S/c1-6-23(7-2)29(25,26)17-11-12-19(28-8-3)18(14-17)22-21(24)16-10-9-15(4)20(13-16)27-5/h9-14H,6-8H2,1-5H3,(H,22,24). The second-order valence-corrected chi connectivity index (χ2v) is 8.26. The number of anilines is 1. The molecule has 1 N–H and O–H groups in total. The van der Waals surface area contributed by atoms with Crippen molar-refractivity contribution in [3.05, 3.63) is 47.5 Å². The molecule has 0 unspecified atom stereocenters. The van der Waals surface area contributed by atoms with Gasteiger partial charge in [0.15, 0.2) is 0 Å². The minimum Gasteiger partial charge on any atom is -0.496 e. The van der Waals surface area contributed by atoms with E-state index in [1.54, 1.807) is 45.2 Å². The largest absolute Gasteiger partial charge is 0.496 e. The lowest BCUT2D eigenvalue weighted by Gasteiger charge is -2.20. The molecule has 0 radical (unpaired) electrons. The number of methoxy groups -OCH3 is 1. The van der Waals surface area contributed by atoms with Crippen molar-refractivity contribution in [3.8, 4) is 11.5 Å². The van der Waals surface area contributed by atoms with Crippen LogP contribution in [0.2, 0.25) is 0 Å². The highest BCUT2D eigenvalue weighted by molar-refractivity contribution is 7.89. The number of rotatable bonds is 9. The van der Waals surface area contributed by atoms with Gasteiger partial charge in [-0.05, 0) is 49.7 Å². The van der Waals surface area contributed by atoms with E-state index in [9.17, 15) is 13.2 Å². The van der Waals surface area contributed by atoms with E-state index in [-0.39, 0.29) is 10.8 Å². The van der Waals surface area contributed by atoms with Gasteiger partial charge in [0.05, 0.1) is 24.3 Å². The average Bonchev–Trinajstić information content (AvgIpc) is 2.70. The normalized spacial score (nSPS) is 11.4. The first-order valence-corrected chi connectivity index (χ1v) is 10.9. The van der Waals surface area contributed by atoms with Gasteiger partial charge in [-0.3, -0.25) is 4.79 Å². The van der Waals surface area contributed by atoms with Gasteiger partial charge in [0.1, 0.15) is 11.5 Å². The summed E-state index contributed by atoms with van der Waals surface area (Å²) in [5.41, 5.74) is 1.60. The number of hydrogen-bond donors (Lipinski definition) is 1. The summed E-state index contributed by atoms with van der Waals surface area (Å²) in [5, 5.41) is 2.77. The third-order valence-electron chi connectivity index (χ3n) is 4.51. The molecule has 0 aromatic heterocycles. The number of hydrogen-bond acceptors (Lipinski definition) is 5. The monoisotopic (exact) mass is 420 g/mol. The van der Waals surface area contributed by atoms with Crippen molar-refractivity contribution < 1.29 is 22.7 Å². The topological polar surface area (TPSA) is 84.9 Å². The molecule has 0 aliphatic heterocycles. The zero-order valence-corrected chi connectivity index (χ0v) is 18.3. The van der Waals surface area contributed by atoms with E-state index in [1.165, 1.54) is 16.4 Å². The van der Waals surface area contributed by atoms with E-state index in [2.05, 4.69) is 5.32 Å². The summed E-state index contributed by atoms with van der Waals surface area (Å²) < 4.78 is 37.9. The van der Waals surface area contributed by atoms with Crippen LogP contribution in [0.25, 0.3) is 0 Å². The first-order valence-electron chi connectivity index (χ1n) is 9.51. The van der Waals surface area contributed by atoms with Gasteiger partial charge in [0.25, 0.3) is 5.91 Å². The number of carbonyl (C=O) groups is 1. The molecule has 0 aliphatic carbocycles. The Balaban J connectivity index is 2.43. The molecule has 2 rings (SSSR count). The zero-order valence-electron chi connectivity index (χ0n) is 17.5. The van der Waals surface area contributed by atoms with Gasteiger partial charge in [0.2, 0.25) is 10.0 Å². The van der Waals surface area contributed by atoms with Gasteiger partial charge in [0, 0.05) is 18.7 Å². The van der Waals surface area contributed by atoms with Crippen molar-refractivity contribution in [1.82, 2.24) is 4.31 Å². The number of carbonyl (C=O) groups excluding carboxylic acids is 1. The van der Waals surface area contributed by atoms with Crippen LogP contribution in [0.3, 0.4) is 0 Å². The van der Waals surface area contributed by atoms with Crippen LogP contribution >= 0.6 is 0 Å². The highest BCUT2D eigenvalue weighted by atomic mass is 32.2. The first-order chi connectivity index (χ1) is 13.8. The molecule has 29 heavy (non-hydrogen) atoms. The van der Waals surface area contributed by atoms with Gasteiger partial charge in [-0.2, -0.15) is 4.31 Å². The molecule has 1 amide bonds. The van der Waals surface area contributed by atoms with E-state index in [0.29, 0.717) is 42.4 Å². The molecule has 0 fully saturated rings. The molecular formula is C21H28N2O5S. The maximum absolute atomic E-state index is 12.8. The highest BCUT2D eigenvalue weighted by Crippen LogP contribution is 2.30. The summed E-state index contributed by atoms with van der Waals surface area (Å²) in [4.78, 5) is 12.9. The lowest BCUT2D eigenvalue weighted by molar-refractivity contribution is 0.102. The minimum absolute atomic E-state index is 0.0986. The second kappa shape index (κ2) is 9.76. The summed E-state index contributed by atoms with van der Waals surface area (Å²) in [7, 11) is -2.13. The van der Waals surface area contributed by atoms with Crippen molar-refractivity contribution in [3.63, 3.8) is 0 Å². The van der Waals surface area contributed by atoms with Gasteiger partial charge < -0.3 is 14.8 Å². The van der Waals surface area contributed by atoms with Crippen molar-refractivity contribution in [2.45, 2.75) is 32.6 Å². The summed E-state index contributed by atoms with van der Waals surface area (Å²) in [6, 6.07) is 9.60. The number of nitrogens with zero attached hydrogens (tertiary/aromatic N) is 1. The van der Waals surface area contributed by atoms with E-state index >= 15 is 0 Å². The molecule has 0 atom stereocenters. The Morgan fingerprint density at radius 1 is 1.03 bits per heavy atom. The Kier molecular flexibility index (Phi) is 7.64. The Hall–Kier alpha value is -2.58. The summed E-state index contributed by atoms with van der Waals surface area (Å²) >= 11 is 0. The fraction of sp³-hybridized carbons (Fsp3) is 0.381. The molecule has 158 valence electrons. The maximum Gasteiger partial charge on any atom is 0.255 e. The molecular weight excluding hydrogens is 392 g/mol. The number of sulfonamides is 1. The van der Waals surface area contributed by atoms with Crippen LogP contribution < -0.4 is 14.8 Å². The quantitative estimate of drug-likeness (QED) is 0.669. The molecule has 0 saturated carbocycles. The van der Waals surface area contributed by atoms with Crippen LogP contribution in [0.15, 0.2) is 41.3 Å². The first kappa shape index (κ1) is 22.7. The highest BCUT2D eigenvalue weighted by Gasteiger charge is 2.23. The predicted molar refractivity (Wildman–Crippen MR) is 113 cm³/mol. The van der Waals surface area contributed by atoms with E-state index in [0.717, 1.165) is 5.56 Å². The number of aryl methyl sites for hydroxylation is 1. The molecule has 2 aromatic carbocycles. The lowest BCUT2D eigenvalue weighted by atomic mass is 10.1. The summed E-state index contributed by atoms with van der Waals surface area (Å²) in [6.07, 6.45) is 0. The smallest absolute Gasteiger partial charge is 0.255 e. The van der Waals surface area contributed by atoms with Crippen molar-refractivity contribution >= 4 is 21.6 Å². The fourth-order valence-corrected chi connectivity index (χ4v) is 4.40. The summed E-state index contributed by atoms with van der Waals surface area (Å²) in [5.74, 6) is 0.612. The van der Waals surface area contributed by atoms with Crippen LogP contribution in [0.4, 0.5) is 5.69 Å². The Bertz CT molecular complexity index is 969. The van der Waals surface area contributed by atoms with Gasteiger partial charge in [-0.15, -0.1) is 0 Å². The summed E-state index contributed by atoms with van der Waals surface area (Å²) in [6.45, 7) is 8.36. The second-order valence-electron chi connectivity index (χ2n) is 6.32. The third kappa shape index (κ3) is 5.07. The lowest BCUT2D eigenvalue weighted by Crippen LogP contribution is -2.30. The molecule has 0 spiro atoms. The number of benzene rings is 2. The van der Waals surface area contributed by atoms with Crippen molar-refractivity contribution in [2.75, 3.05) is 32.1 Å². The molecule has 2 aromatic rings. The van der Waals surface area contributed by atoms with Gasteiger partial charge in [-0.1, -0.05) is 19.9 Å². The third-order valence-corrected chi connectivity index (χ3v) is 6.56. The Labute approximate surface area is 172 Å². The van der Waals surface area contributed by atoms with E-state index < -0.39 is 10.0 Å². The molecule has 7 nitrogen and oxygen atoms in total. The van der Waals surface area contributed by atoms with Gasteiger partial charge in [-0.25, -0.2) is 8.42 Å². The average molecular weight is 421 g/mol. The predicted octanol–water partition coefficient (Wildman–Crippen LogP) is 3.69. The van der Waals surface area contributed by atoms with E-state index in [1.807, 2.05) is 13.8 Å². The van der Waals surface area contributed by atoms with Crippen LogP contribution in [-0.2, 0) is 10.0 Å².